The highest BCUT2D eigenvalue weighted by Crippen LogP contribution is 2.39. The lowest BCUT2D eigenvalue weighted by atomic mass is 10.1. The molecule has 0 spiro atoms. The van der Waals surface area contributed by atoms with E-state index in [1.807, 2.05) is 42.5 Å². The van der Waals surface area contributed by atoms with Gasteiger partial charge in [0.25, 0.3) is 0 Å². The van der Waals surface area contributed by atoms with Gasteiger partial charge < -0.3 is 9.47 Å². The molecule has 1 heterocycles. The number of hydrogen-bond acceptors (Lipinski definition) is 4. The van der Waals surface area contributed by atoms with Gasteiger partial charge in [-0.2, -0.15) is 0 Å². The Balaban J connectivity index is 2.18. The van der Waals surface area contributed by atoms with Gasteiger partial charge in [-0.3, -0.25) is 4.79 Å². The molecule has 0 bridgehead atoms. The van der Waals surface area contributed by atoms with Crippen LogP contribution >= 0.6 is 11.3 Å². The van der Waals surface area contributed by atoms with Crippen LogP contribution < -0.4 is 9.47 Å². The summed E-state index contributed by atoms with van der Waals surface area (Å²) in [5.41, 5.74) is 1.74. The number of rotatable bonds is 4. The van der Waals surface area contributed by atoms with Crippen molar-refractivity contribution in [3.63, 3.8) is 0 Å². The van der Waals surface area contributed by atoms with Crippen molar-refractivity contribution in [3.05, 3.63) is 48.0 Å². The first-order chi connectivity index (χ1) is 10.3. The monoisotopic (exact) mass is 298 g/mol. The number of benzene rings is 2. The lowest BCUT2D eigenvalue weighted by molar-refractivity contribution is 0.112. The third-order valence-electron chi connectivity index (χ3n) is 3.41. The molecule has 3 rings (SSSR count). The summed E-state index contributed by atoms with van der Waals surface area (Å²) in [4.78, 5) is 12.5. The molecule has 0 aliphatic heterocycles. The summed E-state index contributed by atoms with van der Waals surface area (Å²) in [5.74, 6) is 1.59. The minimum absolute atomic E-state index is 0.725. The van der Waals surface area contributed by atoms with E-state index in [9.17, 15) is 4.79 Å². The van der Waals surface area contributed by atoms with Crippen molar-refractivity contribution in [3.8, 4) is 21.9 Å². The summed E-state index contributed by atoms with van der Waals surface area (Å²) in [7, 11) is 3.28. The molecule has 1 aromatic heterocycles. The van der Waals surface area contributed by atoms with E-state index in [4.69, 9.17) is 9.47 Å². The van der Waals surface area contributed by atoms with Gasteiger partial charge in [-0.1, -0.05) is 0 Å². The molecule has 0 fully saturated rings. The Labute approximate surface area is 126 Å². The third kappa shape index (κ3) is 2.38. The van der Waals surface area contributed by atoms with Crippen LogP contribution in [0.5, 0.6) is 11.5 Å². The Bertz CT molecular complexity index is 788. The number of fused-ring (bicyclic) bond motifs is 1. The normalized spacial score (nSPS) is 10.6. The molecule has 0 saturated heterocycles. The van der Waals surface area contributed by atoms with Crippen molar-refractivity contribution in [1.29, 1.82) is 0 Å². The van der Waals surface area contributed by atoms with Crippen LogP contribution in [-0.2, 0) is 0 Å². The molecule has 21 heavy (non-hydrogen) atoms. The van der Waals surface area contributed by atoms with Crippen molar-refractivity contribution in [2.45, 2.75) is 0 Å². The number of hydrogen-bond donors (Lipinski definition) is 0. The van der Waals surface area contributed by atoms with Gasteiger partial charge in [0.05, 0.1) is 14.2 Å². The van der Waals surface area contributed by atoms with E-state index in [1.165, 1.54) is 0 Å². The first-order valence-electron chi connectivity index (χ1n) is 6.47. The second-order valence-electron chi connectivity index (χ2n) is 4.55. The van der Waals surface area contributed by atoms with Crippen LogP contribution in [0.15, 0.2) is 42.5 Å². The molecule has 0 saturated carbocycles. The summed E-state index contributed by atoms with van der Waals surface area (Å²) in [6, 6.07) is 13.5. The van der Waals surface area contributed by atoms with Gasteiger partial charge in [0.2, 0.25) is 0 Å². The van der Waals surface area contributed by atoms with E-state index in [1.54, 1.807) is 25.6 Å². The average molecular weight is 298 g/mol. The molecule has 0 aliphatic carbocycles. The molecule has 0 radical (unpaired) electrons. The standard InChI is InChI=1S/C17H14O3S/c1-19-12-5-3-11(4-6-12)17-15(10-18)14-8-7-13(20-2)9-16(14)21-17/h3-10H,1-2H3. The van der Waals surface area contributed by atoms with Gasteiger partial charge in [0.15, 0.2) is 6.29 Å². The van der Waals surface area contributed by atoms with E-state index in [0.717, 1.165) is 43.9 Å². The van der Waals surface area contributed by atoms with Crippen molar-refractivity contribution in [2.24, 2.45) is 0 Å². The number of aldehydes is 1. The molecule has 3 nitrogen and oxygen atoms in total. The number of thiophene rings is 1. The average Bonchev–Trinajstić information content (AvgIpc) is 2.92. The summed E-state index contributed by atoms with van der Waals surface area (Å²) in [5, 5.41) is 0.960. The van der Waals surface area contributed by atoms with Crippen LogP contribution in [0.25, 0.3) is 20.5 Å². The lowest BCUT2D eigenvalue weighted by Crippen LogP contribution is -1.84. The Kier molecular flexibility index (Phi) is 3.62. The van der Waals surface area contributed by atoms with E-state index in [0.29, 0.717) is 0 Å². The van der Waals surface area contributed by atoms with E-state index in [2.05, 4.69) is 0 Å². The zero-order chi connectivity index (χ0) is 14.8. The number of methoxy groups -OCH3 is 2. The Hall–Kier alpha value is -2.33. The van der Waals surface area contributed by atoms with E-state index >= 15 is 0 Å². The summed E-state index contributed by atoms with van der Waals surface area (Å²) < 4.78 is 11.5. The molecule has 0 aliphatic rings. The summed E-state index contributed by atoms with van der Waals surface area (Å²) in [6.45, 7) is 0. The molecule has 0 unspecified atom stereocenters. The summed E-state index contributed by atoms with van der Waals surface area (Å²) in [6.07, 6.45) is 0.922. The summed E-state index contributed by atoms with van der Waals surface area (Å²) >= 11 is 1.59. The van der Waals surface area contributed by atoms with Crippen LogP contribution in [0.3, 0.4) is 0 Å². The van der Waals surface area contributed by atoms with E-state index in [-0.39, 0.29) is 0 Å². The molecule has 2 aromatic carbocycles. The van der Waals surface area contributed by atoms with Crippen molar-refractivity contribution >= 4 is 27.7 Å². The maximum absolute atomic E-state index is 11.5. The fourth-order valence-electron chi connectivity index (χ4n) is 2.30. The highest BCUT2D eigenvalue weighted by atomic mass is 32.1. The van der Waals surface area contributed by atoms with Gasteiger partial charge in [-0.05, 0) is 48.0 Å². The van der Waals surface area contributed by atoms with Gasteiger partial charge in [-0.25, -0.2) is 0 Å². The molecule has 3 aromatic rings. The molecule has 0 N–H and O–H groups in total. The van der Waals surface area contributed by atoms with Crippen LogP contribution in [0, 0.1) is 0 Å². The molecule has 106 valence electrons. The van der Waals surface area contributed by atoms with Gasteiger partial charge in [0, 0.05) is 20.5 Å². The highest BCUT2D eigenvalue weighted by Gasteiger charge is 2.14. The molecule has 0 atom stereocenters. The molecule has 0 amide bonds. The van der Waals surface area contributed by atoms with Crippen LogP contribution in [-0.4, -0.2) is 20.5 Å². The highest BCUT2D eigenvalue weighted by molar-refractivity contribution is 7.22. The first-order valence-corrected chi connectivity index (χ1v) is 7.28. The van der Waals surface area contributed by atoms with Gasteiger partial charge in [-0.15, -0.1) is 11.3 Å². The zero-order valence-electron chi connectivity index (χ0n) is 11.8. The van der Waals surface area contributed by atoms with Crippen molar-refractivity contribution in [1.82, 2.24) is 0 Å². The largest absolute Gasteiger partial charge is 0.497 e. The number of carbonyl (C=O) groups is 1. The quantitative estimate of drug-likeness (QED) is 0.670. The topological polar surface area (TPSA) is 35.5 Å². The Morgan fingerprint density at radius 3 is 2.24 bits per heavy atom. The van der Waals surface area contributed by atoms with Crippen LogP contribution in [0.1, 0.15) is 10.4 Å². The third-order valence-corrected chi connectivity index (χ3v) is 4.62. The maximum Gasteiger partial charge on any atom is 0.152 e. The fourth-order valence-corrected chi connectivity index (χ4v) is 3.50. The number of ether oxygens (including phenoxy) is 2. The fraction of sp³-hybridized carbons (Fsp3) is 0.118. The van der Waals surface area contributed by atoms with Crippen molar-refractivity contribution in [2.75, 3.05) is 14.2 Å². The zero-order valence-corrected chi connectivity index (χ0v) is 12.6. The first kappa shape index (κ1) is 13.6. The van der Waals surface area contributed by atoms with Gasteiger partial charge in [0.1, 0.15) is 11.5 Å². The molecule has 4 heteroatoms. The smallest absolute Gasteiger partial charge is 0.152 e. The van der Waals surface area contributed by atoms with E-state index < -0.39 is 0 Å². The minimum Gasteiger partial charge on any atom is -0.497 e. The Morgan fingerprint density at radius 2 is 1.62 bits per heavy atom. The Morgan fingerprint density at radius 1 is 0.952 bits per heavy atom. The van der Waals surface area contributed by atoms with Crippen LogP contribution in [0.2, 0.25) is 0 Å². The minimum atomic E-state index is 0.725. The van der Waals surface area contributed by atoms with Crippen molar-refractivity contribution < 1.29 is 14.3 Å². The SMILES string of the molecule is COc1ccc(-c2sc3cc(OC)ccc3c2C=O)cc1. The van der Waals surface area contributed by atoms with Gasteiger partial charge >= 0.3 is 0 Å². The predicted octanol–water partition coefficient (Wildman–Crippen LogP) is 4.40. The lowest BCUT2D eigenvalue weighted by Gasteiger charge is -2.02. The second-order valence-corrected chi connectivity index (χ2v) is 5.61. The molecular formula is C17H14O3S. The predicted molar refractivity (Wildman–Crippen MR) is 85.8 cm³/mol. The van der Waals surface area contributed by atoms with Crippen LogP contribution in [0.4, 0.5) is 0 Å². The maximum atomic E-state index is 11.5. The molecular weight excluding hydrogens is 284 g/mol. The second kappa shape index (κ2) is 5.58. The number of carbonyl (C=O) groups excluding carboxylic acids is 1.